The molecule has 0 fully saturated rings. The van der Waals surface area contributed by atoms with Crippen LogP contribution in [0.15, 0.2) is 66.7 Å². The first-order valence-electron chi connectivity index (χ1n) is 8.85. The summed E-state index contributed by atoms with van der Waals surface area (Å²) in [5.74, 6) is 0.226. The molecule has 2 heterocycles. The Morgan fingerprint density at radius 2 is 1.61 bits per heavy atom. The van der Waals surface area contributed by atoms with E-state index in [-0.39, 0.29) is 6.42 Å². The summed E-state index contributed by atoms with van der Waals surface area (Å²) in [6.07, 6.45) is 0.288. The number of ketones is 1. The van der Waals surface area contributed by atoms with Gasteiger partial charge in [0.25, 0.3) is 0 Å². The number of Topliss-reactive ketones (excluding diaryl/α,β-unsaturated/α-hetero) is 1. The highest BCUT2D eigenvalue weighted by molar-refractivity contribution is 6.25. The highest BCUT2D eigenvalue weighted by Crippen LogP contribution is 2.55. The highest BCUT2D eigenvalue weighted by Gasteiger charge is 2.53. The van der Waals surface area contributed by atoms with E-state index in [0.29, 0.717) is 34.5 Å². The average molecular weight is 370 g/mol. The lowest BCUT2D eigenvalue weighted by atomic mass is 9.77. The first-order valence-corrected chi connectivity index (χ1v) is 8.85. The SMILES string of the molecule is O=CC(=O)Cc1ccc2c(c1)C1(OC(=O)c3ccccc31)c1ccccc1O2. The molecule has 0 saturated heterocycles. The number of para-hydroxylation sites is 1. The number of benzene rings is 3. The minimum absolute atomic E-state index is 0.0237. The summed E-state index contributed by atoms with van der Waals surface area (Å²) in [7, 11) is 0. The molecule has 1 atom stereocenters. The quantitative estimate of drug-likeness (QED) is 0.401. The number of hydrogen-bond acceptors (Lipinski definition) is 5. The van der Waals surface area contributed by atoms with Crippen molar-refractivity contribution in [2.45, 2.75) is 12.0 Å². The van der Waals surface area contributed by atoms with Crippen LogP contribution in [0.3, 0.4) is 0 Å². The van der Waals surface area contributed by atoms with Gasteiger partial charge in [-0.05, 0) is 29.8 Å². The van der Waals surface area contributed by atoms with Crippen molar-refractivity contribution >= 4 is 18.0 Å². The van der Waals surface area contributed by atoms with Crippen LogP contribution in [0.25, 0.3) is 0 Å². The summed E-state index contributed by atoms with van der Waals surface area (Å²) < 4.78 is 12.1. The van der Waals surface area contributed by atoms with Crippen molar-refractivity contribution in [1.29, 1.82) is 0 Å². The van der Waals surface area contributed by atoms with E-state index in [9.17, 15) is 14.4 Å². The van der Waals surface area contributed by atoms with Crippen molar-refractivity contribution in [3.8, 4) is 11.5 Å². The molecule has 0 aliphatic carbocycles. The number of esters is 1. The van der Waals surface area contributed by atoms with Gasteiger partial charge in [-0.3, -0.25) is 9.59 Å². The van der Waals surface area contributed by atoms with Crippen LogP contribution in [-0.2, 0) is 26.3 Å². The highest BCUT2D eigenvalue weighted by atomic mass is 16.6. The molecule has 0 aromatic heterocycles. The van der Waals surface area contributed by atoms with Gasteiger partial charge >= 0.3 is 5.97 Å². The van der Waals surface area contributed by atoms with E-state index in [1.165, 1.54) is 0 Å². The van der Waals surface area contributed by atoms with Gasteiger partial charge in [-0.1, -0.05) is 42.5 Å². The third-order valence-electron chi connectivity index (χ3n) is 5.19. The Morgan fingerprint density at radius 1 is 0.893 bits per heavy atom. The van der Waals surface area contributed by atoms with Crippen molar-refractivity contribution in [2.24, 2.45) is 0 Å². The molecule has 1 spiro atoms. The summed E-state index contributed by atoms with van der Waals surface area (Å²) in [4.78, 5) is 35.1. The molecule has 1 unspecified atom stereocenters. The molecule has 0 N–H and O–H groups in total. The lowest BCUT2D eigenvalue weighted by Gasteiger charge is -2.36. The van der Waals surface area contributed by atoms with Gasteiger partial charge in [0.15, 0.2) is 17.7 Å². The fraction of sp³-hybridized carbons (Fsp3) is 0.0870. The fourth-order valence-electron chi connectivity index (χ4n) is 4.02. The lowest BCUT2D eigenvalue weighted by Crippen LogP contribution is -2.33. The van der Waals surface area contributed by atoms with E-state index in [1.54, 1.807) is 30.3 Å². The molecule has 5 nitrogen and oxygen atoms in total. The average Bonchev–Trinajstić information content (AvgIpc) is 3.02. The lowest BCUT2D eigenvalue weighted by molar-refractivity contribution is -0.129. The standard InChI is InChI=1S/C23H14O5/c24-13-15(25)11-14-9-10-21-19(12-14)23(18-7-3-4-8-20(18)27-21)17-6-2-1-5-16(17)22(26)28-23/h1-10,12-13H,11H2. The largest absolute Gasteiger partial charge is 0.456 e. The van der Waals surface area contributed by atoms with Crippen molar-refractivity contribution in [3.63, 3.8) is 0 Å². The van der Waals surface area contributed by atoms with E-state index >= 15 is 0 Å². The molecule has 136 valence electrons. The summed E-state index contributed by atoms with van der Waals surface area (Å²) >= 11 is 0. The van der Waals surface area contributed by atoms with E-state index in [0.717, 1.165) is 11.1 Å². The topological polar surface area (TPSA) is 69.7 Å². The number of carbonyl (C=O) groups excluding carboxylic acids is 3. The van der Waals surface area contributed by atoms with Crippen LogP contribution in [-0.4, -0.2) is 18.0 Å². The molecule has 3 aromatic rings. The number of fused-ring (bicyclic) bond motifs is 6. The molecule has 0 radical (unpaired) electrons. The first-order chi connectivity index (χ1) is 13.6. The third-order valence-corrected chi connectivity index (χ3v) is 5.19. The van der Waals surface area contributed by atoms with Crippen LogP contribution in [0.2, 0.25) is 0 Å². The Kier molecular flexibility index (Phi) is 3.46. The van der Waals surface area contributed by atoms with Crippen LogP contribution in [0.4, 0.5) is 0 Å². The predicted octanol–water partition coefficient (Wildman–Crippen LogP) is 3.57. The molecule has 2 aliphatic rings. The minimum atomic E-state index is -1.15. The normalized spacial score (nSPS) is 18.5. The van der Waals surface area contributed by atoms with Crippen molar-refractivity contribution < 1.29 is 23.9 Å². The van der Waals surface area contributed by atoms with Crippen LogP contribution in [0, 0.1) is 0 Å². The minimum Gasteiger partial charge on any atom is -0.456 e. The maximum atomic E-state index is 12.7. The molecular formula is C23H14O5. The van der Waals surface area contributed by atoms with Crippen LogP contribution in [0.5, 0.6) is 11.5 Å². The third kappa shape index (κ3) is 2.16. The predicted molar refractivity (Wildman–Crippen MR) is 99.5 cm³/mol. The van der Waals surface area contributed by atoms with Gasteiger partial charge in [0, 0.05) is 23.1 Å². The Bertz CT molecular complexity index is 1160. The van der Waals surface area contributed by atoms with Gasteiger partial charge < -0.3 is 9.47 Å². The summed E-state index contributed by atoms with van der Waals surface area (Å²) in [6, 6.07) is 20.0. The van der Waals surface area contributed by atoms with Gasteiger partial charge in [0.05, 0.1) is 5.56 Å². The van der Waals surface area contributed by atoms with Crippen molar-refractivity contribution in [3.05, 3.63) is 94.5 Å². The number of ether oxygens (including phenoxy) is 2. The van der Waals surface area contributed by atoms with Gasteiger partial charge in [-0.2, -0.15) is 0 Å². The van der Waals surface area contributed by atoms with Crippen molar-refractivity contribution in [1.82, 2.24) is 0 Å². The monoisotopic (exact) mass is 370 g/mol. The molecule has 0 saturated carbocycles. The maximum absolute atomic E-state index is 12.7. The Balaban J connectivity index is 1.81. The smallest absolute Gasteiger partial charge is 0.340 e. The molecule has 2 aliphatic heterocycles. The fourth-order valence-corrected chi connectivity index (χ4v) is 4.02. The zero-order chi connectivity index (χ0) is 19.3. The Labute approximate surface area is 160 Å². The second-order valence-electron chi connectivity index (χ2n) is 6.81. The second-order valence-corrected chi connectivity index (χ2v) is 6.81. The maximum Gasteiger partial charge on any atom is 0.340 e. The molecule has 3 aromatic carbocycles. The number of aldehydes is 1. The van der Waals surface area contributed by atoms with Gasteiger partial charge in [0.1, 0.15) is 11.5 Å². The summed E-state index contributed by atoms with van der Waals surface area (Å²) in [5.41, 5.74) is 2.09. The van der Waals surface area contributed by atoms with Gasteiger partial charge in [-0.15, -0.1) is 0 Å². The molecule has 5 rings (SSSR count). The number of carbonyl (C=O) groups is 3. The van der Waals surface area contributed by atoms with Crippen LogP contribution >= 0.6 is 0 Å². The van der Waals surface area contributed by atoms with E-state index in [1.807, 2.05) is 36.4 Å². The van der Waals surface area contributed by atoms with E-state index in [2.05, 4.69) is 0 Å². The van der Waals surface area contributed by atoms with E-state index in [4.69, 9.17) is 9.47 Å². The summed E-state index contributed by atoms with van der Waals surface area (Å²) in [6.45, 7) is 0. The van der Waals surface area contributed by atoms with Gasteiger partial charge in [0.2, 0.25) is 0 Å². The van der Waals surface area contributed by atoms with E-state index < -0.39 is 17.4 Å². The Hall–Kier alpha value is -3.73. The molecular weight excluding hydrogens is 356 g/mol. The zero-order valence-electron chi connectivity index (χ0n) is 14.7. The number of hydrogen-bond donors (Lipinski definition) is 0. The zero-order valence-corrected chi connectivity index (χ0v) is 14.7. The van der Waals surface area contributed by atoms with Crippen LogP contribution < -0.4 is 4.74 Å². The molecule has 28 heavy (non-hydrogen) atoms. The number of rotatable bonds is 3. The first kappa shape index (κ1) is 16.4. The summed E-state index contributed by atoms with van der Waals surface area (Å²) in [5, 5.41) is 0. The molecule has 5 heteroatoms. The van der Waals surface area contributed by atoms with Crippen molar-refractivity contribution in [2.75, 3.05) is 0 Å². The molecule has 0 bridgehead atoms. The second kappa shape index (κ2) is 5.89. The Morgan fingerprint density at radius 3 is 2.43 bits per heavy atom. The van der Waals surface area contributed by atoms with Gasteiger partial charge in [-0.25, -0.2) is 4.79 Å². The molecule has 0 amide bonds. The van der Waals surface area contributed by atoms with Crippen LogP contribution in [0.1, 0.15) is 32.6 Å².